The van der Waals surface area contributed by atoms with E-state index >= 15 is 0 Å². The van der Waals surface area contributed by atoms with Gasteiger partial charge in [0, 0.05) is 13.3 Å². The molecule has 3 heteroatoms. The van der Waals surface area contributed by atoms with Gasteiger partial charge in [-0.1, -0.05) is 110 Å². The van der Waals surface area contributed by atoms with E-state index in [1.165, 1.54) is 27.8 Å². The minimum atomic E-state index is 1.06. The van der Waals surface area contributed by atoms with Gasteiger partial charge in [0.15, 0.2) is 0 Å². The summed E-state index contributed by atoms with van der Waals surface area (Å²) in [6.45, 7) is 0. The van der Waals surface area contributed by atoms with Gasteiger partial charge in [0.05, 0.1) is 0 Å². The molecule has 0 fully saturated rings. The van der Waals surface area contributed by atoms with Crippen molar-refractivity contribution in [3.05, 3.63) is 59.2 Å². The van der Waals surface area contributed by atoms with Crippen LogP contribution < -0.4 is 0 Å². The fraction of sp³-hybridized carbons (Fsp3) is 0.200. The molecule has 0 aromatic heterocycles. The zero-order valence-corrected chi connectivity index (χ0v) is 16.3. The van der Waals surface area contributed by atoms with Crippen LogP contribution >= 0.6 is 67.8 Å². The molecule has 0 atom stereocenters. The Kier molecular flexibility index (Phi) is 6.20. The SMILES string of the molecule is ICc1ccc(-c2ccc(CI)cc2CI)cc1. The average molecular weight is 574 g/mol. The van der Waals surface area contributed by atoms with E-state index in [9.17, 15) is 0 Å². The zero-order valence-electron chi connectivity index (χ0n) is 9.80. The van der Waals surface area contributed by atoms with Crippen LogP contribution in [0.1, 0.15) is 16.7 Å². The Hall–Kier alpha value is 0.630. The summed E-state index contributed by atoms with van der Waals surface area (Å²) < 4.78 is 3.21. The summed E-state index contributed by atoms with van der Waals surface area (Å²) in [7, 11) is 0. The van der Waals surface area contributed by atoms with Crippen LogP contribution in [0.5, 0.6) is 0 Å². The molecule has 0 spiro atoms. The monoisotopic (exact) mass is 574 g/mol. The minimum absolute atomic E-state index is 1.06. The second-order valence-electron chi connectivity index (χ2n) is 4.09. The van der Waals surface area contributed by atoms with Gasteiger partial charge in [0.1, 0.15) is 0 Å². The Labute approximate surface area is 149 Å². The van der Waals surface area contributed by atoms with E-state index in [0.29, 0.717) is 0 Å². The predicted molar refractivity (Wildman–Crippen MR) is 105 cm³/mol. The summed E-state index contributed by atoms with van der Waals surface area (Å²) in [5, 5.41) is 0. The molecule has 0 saturated heterocycles. The first-order chi connectivity index (χ1) is 8.78. The molecule has 0 amide bonds. The van der Waals surface area contributed by atoms with E-state index in [2.05, 4.69) is 110 Å². The summed E-state index contributed by atoms with van der Waals surface area (Å²) in [6.07, 6.45) is 0. The van der Waals surface area contributed by atoms with Gasteiger partial charge in [-0.15, -0.1) is 0 Å². The maximum Gasteiger partial charge on any atom is 0.0253 e. The molecule has 2 rings (SSSR count). The van der Waals surface area contributed by atoms with Crippen molar-refractivity contribution >= 4 is 67.8 Å². The van der Waals surface area contributed by atoms with Crippen molar-refractivity contribution in [3.8, 4) is 11.1 Å². The summed E-state index contributed by atoms with van der Waals surface area (Å²) in [5.41, 5.74) is 6.94. The van der Waals surface area contributed by atoms with Gasteiger partial charge in [-0.2, -0.15) is 0 Å². The van der Waals surface area contributed by atoms with Crippen molar-refractivity contribution in [2.45, 2.75) is 13.3 Å². The molecule has 0 bridgehead atoms. The molecular weight excluding hydrogens is 561 g/mol. The molecular formula is C15H13I3. The number of rotatable bonds is 4. The van der Waals surface area contributed by atoms with Crippen molar-refractivity contribution in [2.75, 3.05) is 0 Å². The number of alkyl halides is 3. The van der Waals surface area contributed by atoms with Crippen LogP contribution in [0.4, 0.5) is 0 Å². The lowest BCUT2D eigenvalue weighted by Crippen LogP contribution is -1.89. The van der Waals surface area contributed by atoms with E-state index in [1.54, 1.807) is 0 Å². The molecule has 0 heterocycles. The standard InChI is InChI=1S/C15H13I3/c16-8-11-1-4-13(5-2-11)15-6-3-12(9-17)7-14(15)10-18/h1-7H,8-10H2. The highest BCUT2D eigenvalue weighted by atomic mass is 127. The van der Waals surface area contributed by atoms with Crippen LogP contribution in [-0.2, 0) is 13.3 Å². The predicted octanol–water partition coefficient (Wildman–Crippen LogP) is 6.16. The van der Waals surface area contributed by atoms with E-state index in [4.69, 9.17) is 0 Å². The number of hydrogen-bond acceptors (Lipinski definition) is 0. The van der Waals surface area contributed by atoms with Crippen LogP contribution in [0.15, 0.2) is 42.5 Å². The van der Waals surface area contributed by atoms with Crippen LogP contribution in [0.2, 0.25) is 0 Å². The lowest BCUT2D eigenvalue weighted by atomic mass is 9.98. The fourth-order valence-electron chi connectivity index (χ4n) is 1.90. The number of halogens is 3. The van der Waals surface area contributed by atoms with Crippen molar-refractivity contribution in [1.29, 1.82) is 0 Å². The Morgan fingerprint density at radius 2 is 1.28 bits per heavy atom. The highest BCUT2D eigenvalue weighted by Gasteiger charge is 2.05. The molecule has 2 aromatic carbocycles. The van der Waals surface area contributed by atoms with Crippen molar-refractivity contribution in [2.24, 2.45) is 0 Å². The third kappa shape index (κ3) is 3.59. The normalized spacial score (nSPS) is 10.6. The molecule has 18 heavy (non-hydrogen) atoms. The van der Waals surface area contributed by atoms with Gasteiger partial charge in [0.2, 0.25) is 0 Å². The highest BCUT2D eigenvalue weighted by Crippen LogP contribution is 2.28. The quantitative estimate of drug-likeness (QED) is 0.304. The van der Waals surface area contributed by atoms with Crippen LogP contribution in [-0.4, -0.2) is 0 Å². The maximum atomic E-state index is 2.45. The molecule has 0 nitrogen and oxygen atoms in total. The maximum absolute atomic E-state index is 2.45. The summed E-state index contributed by atoms with van der Waals surface area (Å²) in [5.74, 6) is 0. The molecule has 0 saturated carbocycles. The first-order valence-electron chi connectivity index (χ1n) is 5.67. The molecule has 94 valence electrons. The van der Waals surface area contributed by atoms with E-state index in [-0.39, 0.29) is 0 Å². The summed E-state index contributed by atoms with van der Waals surface area (Å²) >= 11 is 7.27. The summed E-state index contributed by atoms with van der Waals surface area (Å²) in [6, 6.07) is 15.8. The highest BCUT2D eigenvalue weighted by molar-refractivity contribution is 14.1. The van der Waals surface area contributed by atoms with E-state index in [0.717, 1.165) is 13.3 Å². The molecule has 0 aliphatic heterocycles. The lowest BCUT2D eigenvalue weighted by molar-refractivity contribution is 1.36. The van der Waals surface area contributed by atoms with Crippen molar-refractivity contribution in [1.82, 2.24) is 0 Å². The molecule has 0 aliphatic carbocycles. The Bertz CT molecular complexity index is 518. The fourth-order valence-corrected chi connectivity index (χ4v) is 3.51. The third-order valence-electron chi connectivity index (χ3n) is 2.89. The van der Waals surface area contributed by atoms with Crippen LogP contribution in [0.25, 0.3) is 11.1 Å². The zero-order chi connectivity index (χ0) is 13.0. The first-order valence-corrected chi connectivity index (χ1v) is 10.2. The van der Waals surface area contributed by atoms with Gasteiger partial charge in [-0.3, -0.25) is 0 Å². The second kappa shape index (κ2) is 7.42. The average Bonchev–Trinajstić information content (AvgIpc) is 2.46. The Morgan fingerprint density at radius 3 is 1.83 bits per heavy atom. The molecule has 0 aliphatic rings. The first kappa shape index (κ1) is 15.0. The van der Waals surface area contributed by atoms with Gasteiger partial charge >= 0.3 is 0 Å². The van der Waals surface area contributed by atoms with Crippen LogP contribution in [0, 0.1) is 0 Å². The van der Waals surface area contributed by atoms with E-state index < -0.39 is 0 Å². The molecule has 2 aromatic rings. The lowest BCUT2D eigenvalue weighted by Gasteiger charge is -2.10. The molecule has 0 unspecified atom stereocenters. The van der Waals surface area contributed by atoms with E-state index in [1.807, 2.05) is 0 Å². The van der Waals surface area contributed by atoms with Crippen molar-refractivity contribution in [3.63, 3.8) is 0 Å². The number of benzene rings is 2. The Morgan fingerprint density at radius 1 is 0.667 bits per heavy atom. The van der Waals surface area contributed by atoms with Gasteiger partial charge in [0.25, 0.3) is 0 Å². The van der Waals surface area contributed by atoms with Gasteiger partial charge < -0.3 is 0 Å². The molecule has 0 radical (unpaired) electrons. The molecule has 0 N–H and O–H groups in total. The summed E-state index contributed by atoms with van der Waals surface area (Å²) in [4.78, 5) is 0. The van der Waals surface area contributed by atoms with Crippen LogP contribution in [0.3, 0.4) is 0 Å². The number of hydrogen-bond donors (Lipinski definition) is 0. The Balaban J connectivity index is 2.42. The topological polar surface area (TPSA) is 0 Å². The largest absolute Gasteiger partial charge is 0.0812 e. The minimum Gasteiger partial charge on any atom is -0.0812 e. The second-order valence-corrected chi connectivity index (χ2v) is 6.38. The third-order valence-corrected chi connectivity index (χ3v) is 5.47. The smallest absolute Gasteiger partial charge is 0.0253 e. The van der Waals surface area contributed by atoms with Gasteiger partial charge in [-0.05, 0) is 27.8 Å². The van der Waals surface area contributed by atoms with Gasteiger partial charge in [-0.25, -0.2) is 0 Å². The van der Waals surface area contributed by atoms with Crippen molar-refractivity contribution < 1.29 is 0 Å².